The number of halogens is 5. The van der Waals surface area contributed by atoms with Gasteiger partial charge in [0, 0.05) is 15.6 Å². The third-order valence-electron chi connectivity index (χ3n) is 5.59. The van der Waals surface area contributed by atoms with E-state index in [0.717, 1.165) is 38.9 Å². The molecule has 0 amide bonds. The molecule has 2 nitrogen and oxygen atoms in total. The Balaban J connectivity index is 1.45. The van der Waals surface area contributed by atoms with E-state index in [1.807, 2.05) is 42.5 Å². The number of benzene rings is 3. The average Bonchev–Trinajstić information content (AvgIpc) is 2.84. The van der Waals surface area contributed by atoms with Crippen LogP contribution in [0.3, 0.4) is 0 Å². The summed E-state index contributed by atoms with van der Waals surface area (Å²) < 4.78 is 55.2. The molecule has 0 N–H and O–H groups in total. The van der Waals surface area contributed by atoms with Crippen molar-refractivity contribution in [3.05, 3.63) is 119 Å². The number of aromatic nitrogens is 2. The Labute approximate surface area is 207 Å². The molecule has 0 aliphatic carbocycles. The van der Waals surface area contributed by atoms with Crippen molar-refractivity contribution < 1.29 is 17.6 Å². The lowest BCUT2D eigenvalue weighted by Crippen LogP contribution is -1.92. The molecule has 3 aromatic carbocycles. The summed E-state index contributed by atoms with van der Waals surface area (Å²) >= 11 is 3.56. The number of rotatable bonds is 4. The molecule has 172 valence electrons. The highest BCUT2D eigenvalue weighted by atomic mass is 79.9. The van der Waals surface area contributed by atoms with E-state index in [2.05, 4.69) is 25.9 Å². The van der Waals surface area contributed by atoms with Crippen molar-refractivity contribution in [2.75, 3.05) is 0 Å². The van der Waals surface area contributed by atoms with Crippen LogP contribution in [0.25, 0.3) is 44.5 Å². The summed E-state index contributed by atoms with van der Waals surface area (Å²) in [5.74, 6) is -3.45. The maximum absolute atomic E-state index is 14.0. The molecule has 0 radical (unpaired) electrons. The maximum atomic E-state index is 14.0. The number of hydrogen-bond donors (Lipinski definition) is 0. The van der Waals surface area contributed by atoms with Gasteiger partial charge in [0.05, 0.1) is 0 Å². The van der Waals surface area contributed by atoms with Crippen LogP contribution in [-0.2, 0) is 0 Å². The Morgan fingerprint density at radius 1 is 0.429 bits per heavy atom. The topological polar surface area (TPSA) is 25.8 Å². The fourth-order valence-electron chi connectivity index (χ4n) is 3.86. The quantitative estimate of drug-likeness (QED) is 0.171. The Kier molecular flexibility index (Phi) is 6.17. The first-order chi connectivity index (χ1) is 16.9. The molecule has 0 saturated heterocycles. The van der Waals surface area contributed by atoms with Crippen LogP contribution in [0, 0.1) is 23.8 Å². The second-order valence-electron chi connectivity index (χ2n) is 7.83. The van der Waals surface area contributed by atoms with Gasteiger partial charge in [-0.3, -0.25) is 0 Å². The predicted molar refractivity (Wildman–Crippen MR) is 131 cm³/mol. The monoisotopic (exact) mass is 534 g/mol. The van der Waals surface area contributed by atoms with Gasteiger partial charge in [-0.15, -0.1) is 0 Å². The van der Waals surface area contributed by atoms with Gasteiger partial charge in [0.1, 0.15) is 0 Å². The molecule has 5 rings (SSSR count). The van der Waals surface area contributed by atoms with Gasteiger partial charge in [0.2, 0.25) is 23.8 Å². The molecule has 0 aliphatic rings. The third-order valence-corrected chi connectivity index (χ3v) is 6.04. The van der Waals surface area contributed by atoms with Crippen LogP contribution in [0.4, 0.5) is 17.6 Å². The van der Waals surface area contributed by atoms with Gasteiger partial charge in [-0.1, -0.05) is 64.5 Å². The number of hydrogen-bond acceptors (Lipinski definition) is 2. The molecule has 0 bridgehead atoms. The summed E-state index contributed by atoms with van der Waals surface area (Å²) in [4.78, 5) is 6.48. The zero-order valence-electron chi connectivity index (χ0n) is 17.9. The third kappa shape index (κ3) is 4.86. The SMILES string of the molecule is Fc1ccc(-c2ccc(-c3cc(Br)cc(-c4ccc(-c5ccc(F)nc5F)cc4)c3)cc2)c(F)n1. The van der Waals surface area contributed by atoms with E-state index in [1.165, 1.54) is 12.1 Å². The van der Waals surface area contributed by atoms with E-state index in [9.17, 15) is 17.6 Å². The summed E-state index contributed by atoms with van der Waals surface area (Å²) in [6.45, 7) is 0. The molecule has 2 aromatic heterocycles. The van der Waals surface area contributed by atoms with Gasteiger partial charge in [-0.25, -0.2) is 0 Å². The molecule has 5 aromatic rings. The summed E-state index contributed by atoms with van der Waals surface area (Å²) in [5.41, 5.74) is 5.29. The van der Waals surface area contributed by atoms with E-state index >= 15 is 0 Å². The zero-order valence-corrected chi connectivity index (χ0v) is 19.5. The molecule has 0 unspecified atom stereocenters. The van der Waals surface area contributed by atoms with Crippen molar-refractivity contribution in [2.24, 2.45) is 0 Å². The van der Waals surface area contributed by atoms with Crippen LogP contribution in [0.5, 0.6) is 0 Å². The highest BCUT2D eigenvalue weighted by molar-refractivity contribution is 9.10. The minimum absolute atomic E-state index is 0.223. The minimum atomic E-state index is -0.864. The predicted octanol–water partition coefficient (Wildman–Crippen LogP) is 8.46. The lowest BCUT2D eigenvalue weighted by molar-refractivity contribution is 0.514. The van der Waals surface area contributed by atoms with Gasteiger partial charge in [-0.2, -0.15) is 27.5 Å². The van der Waals surface area contributed by atoms with Crippen molar-refractivity contribution in [1.29, 1.82) is 0 Å². The fourth-order valence-corrected chi connectivity index (χ4v) is 4.36. The lowest BCUT2D eigenvalue weighted by atomic mass is 9.96. The largest absolute Gasteiger partial charge is 0.223 e. The van der Waals surface area contributed by atoms with Crippen molar-refractivity contribution in [1.82, 2.24) is 9.97 Å². The summed E-state index contributed by atoms with van der Waals surface area (Å²) in [5, 5.41) is 0. The molecular weight excluding hydrogens is 520 g/mol. The fraction of sp³-hybridized carbons (Fsp3) is 0. The van der Waals surface area contributed by atoms with E-state index in [1.54, 1.807) is 24.3 Å². The van der Waals surface area contributed by atoms with E-state index < -0.39 is 23.8 Å². The summed E-state index contributed by atoms with van der Waals surface area (Å²) in [7, 11) is 0. The van der Waals surface area contributed by atoms with E-state index in [0.29, 0.717) is 11.1 Å². The molecule has 0 aliphatic heterocycles. The maximum Gasteiger partial charge on any atom is 0.223 e. The smallest absolute Gasteiger partial charge is 0.190 e. The molecule has 0 atom stereocenters. The normalized spacial score (nSPS) is 11.0. The summed E-state index contributed by atoms with van der Waals surface area (Å²) in [6.07, 6.45) is 0. The Morgan fingerprint density at radius 2 is 0.800 bits per heavy atom. The first-order valence-electron chi connectivity index (χ1n) is 10.5. The minimum Gasteiger partial charge on any atom is -0.190 e. The van der Waals surface area contributed by atoms with E-state index in [4.69, 9.17) is 0 Å². The van der Waals surface area contributed by atoms with Gasteiger partial charge in [0.15, 0.2) is 0 Å². The first kappa shape index (κ1) is 22.9. The van der Waals surface area contributed by atoms with Crippen molar-refractivity contribution in [3.8, 4) is 44.5 Å². The lowest BCUT2D eigenvalue weighted by Gasteiger charge is -2.10. The second kappa shape index (κ2) is 9.43. The van der Waals surface area contributed by atoms with Gasteiger partial charge >= 0.3 is 0 Å². The molecule has 0 spiro atoms. The average molecular weight is 535 g/mol. The van der Waals surface area contributed by atoms with Crippen LogP contribution in [0.1, 0.15) is 0 Å². The number of pyridine rings is 2. The van der Waals surface area contributed by atoms with Gasteiger partial charge in [0.25, 0.3) is 0 Å². The van der Waals surface area contributed by atoms with Gasteiger partial charge in [-0.05, 0) is 75.8 Å². The van der Waals surface area contributed by atoms with Crippen molar-refractivity contribution in [3.63, 3.8) is 0 Å². The van der Waals surface area contributed by atoms with Gasteiger partial charge < -0.3 is 0 Å². The Hall–Kier alpha value is -3.84. The van der Waals surface area contributed by atoms with Crippen LogP contribution in [0.2, 0.25) is 0 Å². The second-order valence-corrected chi connectivity index (χ2v) is 8.74. The molecule has 7 heteroatoms. The standard InChI is InChI=1S/C28H15BrF4N2/c29-22-14-20(16-1-5-18(6-2-16)23-9-11-25(30)34-27(23)32)13-21(15-22)17-3-7-19(8-4-17)24-10-12-26(31)35-28(24)33/h1-15H. The van der Waals surface area contributed by atoms with E-state index in [-0.39, 0.29) is 11.1 Å². The van der Waals surface area contributed by atoms with Crippen LogP contribution < -0.4 is 0 Å². The molecular formula is C28H15BrF4N2. The molecule has 35 heavy (non-hydrogen) atoms. The highest BCUT2D eigenvalue weighted by Gasteiger charge is 2.11. The molecule has 0 saturated carbocycles. The molecule has 2 heterocycles. The molecule has 0 fully saturated rings. The Morgan fingerprint density at radius 3 is 1.17 bits per heavy atom. The zero-order chi connectivity index (χ0) is 24.5. The van der Waals surface area contributed by atoms with Crippen molar-refractivity contribution in [2.45, 2.75) is 0 Å². The number of nitrogens with zero attached hydrogens (tertiary/aromatic N) is 2. The van der Waals surface area contributed by atoms with Crippen LogP contribution >= 0.6 is 15.9 Å². The first-order valence-corrected chi connectivity index (χ1v) is 11.3. The van der Waals surface area contributed by atoms with Crippen LogP contribution in [0.15, 0.2) is 95.5 Å². The summed E-state index contributed by atoms with van der Waals surface area (Å²) in [6, 6.07) is 25.4. The van der Waals surface area contributed by atoms with Crippen molar-refractivity contribution >= 4 is 15.9 Å². The van der Waals surface area contributed by atoms with Crippen LogP contribution in [-0.4, -0.2) is 9.97 Å². The highest BCUT2D eigenvalue weighted by Crippen LogP contribution is 2.33. The Bertz CT molecular complexity index is 1420.